The van der Waals surface area contributed by atoms with Crippen molar-refractivity contribution in [2.45, 2.75) is 31.0 Å². The summed E-state index contributed by atoms with van der Waals surface area (Å²) >= 11 is 16.3. The van der Waals surface area contributed by atoms with Gasteiger partial charge in [-0.1, -0.05) is 15.9 Å². The molecule has 0 aromatic heterocycles. The van der Waals surface area contributed by atoms with Crippen molar-refractivity contribution in [3.63, 3.8) is 0 Å². The number of amides is 3. The van der Waals surface area contributed by atoms with Gasteiger partial charge in [-0.3, -0.25) is 19.3 Å². The number of carbonyl (C=O) groups is 4. The molecule has 1 aliphatic heterocycles. The van der Waals surface area contributed by atoms with Gasteiger partial charge >= 0.3 is 5.97 Å². The lowest BCUT2D eigenvalue weighted by atomic mass is 9.80. The molecule has 1 heterocycles. The van der Waals surface area contributed by atoms with Crippen LogP contribution in [-0.4, -0.2) is 41.1 Å². The van der Waals surface area contributed by atoms with E-state index in [0.717, 1.165) is 15.6 Å². The number of carbonyl (C=O) groups excluding carboxylic acids is 4. The van der Waals surface area contributed by atoms with Gasteiger partial charge in [-0.05, 0) is 79.6 Å². The van der Waals surface area contributed by atoms with Crippen LogP contribution in [0, 0.1) is 37.5 Å². The average Bonchev–Trinajstić information content (AvgIpc) is 3.48. The number of imide groups is 1. The second-order valence-electron chi connectivity index (χ2n) is 9.53. The van der Waals surface area contributed by atoms with Gasteiger partial charge in [0.1, 0.15) is 0 Å². The highest BCUT2D eigenvalue weighted by Gasteiger charge is 2.66. The highest BCUT2D eigenvalue weighted by Crippen LogP contribution is 2.59. The number of halogens is 3. The normalized spacial score (nSPS) is 28.4. The molecule has 7 nitrogen and oxygen atoms in total. The number of hydrogen-bond donors (Lipinski definition) is 1. The van der Waals surface area contributed by atoms with Gasteiger partial charge in [0.25, 0.3) is 5.91 Å². The number of esters is 1. The molecule has 5 rings (SSSR count). The molecular weight excluding hydrogens is 571 g/mol. The van der Waals surface area contributed by atoms with E-state index >= 15 is 0 Å². The maximum absolute atomic E-state index is 13.1. The Morgan fingerprint density at radius 3 is 2.14 bits per heavy atom. The quantitative estimate of drug-likeness (QED) is 0.304. The molecule has 0 radical (unpaired) electrons. The van der Waals surface area contributed by atoms with Crippen LogP contribution in [0.3, 0.4) is 0 Å². The van der Waals surface area contributed by atoms with Crippen LogP contribution in [0.2, 0.25) is 0 Å². The zero-order valence-electron chi connectivity index (χ0n) is 19.5. The maximum Gasteiger partial charge on any atom is 0.338 e. The van der Waals surface area contributed by atoms with Gasteiger partial charge in [0.2, 0.25) is 11.8 Å². The number of anilines is 2. The summed E-state index contributed by atoms with van der Waals surface area (Å²) in [7, 11) is 0. The number of hydrogen-bond acceptors (Lipinski definition) is 5. The first kappa shape index (κ1) is 25.2. The number of fused-ring (bicyclic) bond motifs is 5. The number of nitrogens with one attached hydrogen (secondary N) is 1. The predicted octanol–water partition coefficient (Wildman–Crippen LogP) is 4.83. The van der Waals surface area contributed by atoms with E-state index in [0.29, 0.717) is 17.8 Å². The predicted molar refractivity (Wildman–Crippen MR) is 139 cm³/mol. The van der Waals surface area contributed by atoms with E-state index in [-0.39, 0.29) is 40.0 Å². The molecule has 3 aliphatic rings. The molecule has 1 saturated heterocycles. The SMILES string of the molecule is Cc1c(Br)ccc(NC(=O)COC(=O)c2ccc(N3C(=O)[C@@H]4[C@H]5C[C@@H]([C@H](Cl)[C@H]5Cl)[C@@H]4C3=O)cc2)c1C. The van der Waals surface area contributed by atoms with E-state index in [1.807, 2.05) is 19.9 Å². The topological polar surface area (TPSA) is 92.8 Å². The summed E-state index contributed by atoms with van der Waals surface area (Å²) in [5.41, 5.74) is 3.13. The largest absolute Gasteiger partial charge is 0.452 e. The van der Waals surface area contributed by atoms with E-state index in [1.54, 1.807) is 6.07 Å². The van der Waals surface area contributed by atoms with Crippen LogP contribution in [0.25, 0.3) is 0 Å². The lowest BCUT2D eigenvalue weighted by molar-refractivity contribution is -0.123. The van der Waals surface area contributed by atoms with Gasteiger partial charge in [0, 0.05) is 10.2 Å². The first-order valence-corrected chi connectivity index (χ1v) is 13.3. The van der Waals surface area contributed by atoms with E-state index < -0.39 is 30.3 Å². The third-order valence-electron chi connectivity index (χ3n) is 7.68. The van der Waals surface area contributed by atoms with Crippen molar-refractivity contribution in [3.05, 3.63) is 57.6 Å². The molecule has 2 aliphatic carbocycles. The van der Waals surface area contributed by atoms with Crippen LogP contribution in [0.1, 0.15) is 27.9 Å². The first-order chi connectivity index (χ1) is 17.1. The number of benzene rings is 2. The Morgan fingerprint density at radius 1 is 0.972 bits per heavy atom. The minimum atomic E-state index is -0.690. The van der Waals surface area contributed by atoms with Crippen molar-refractivity contribution < 1.29 is 23.9 Å². The minimum absolute atomic E-state index is 0.101. The summed E-state index contributed by atoms with van der Waals surface area (Å²) < 4.78 is 6.08. The monoisotopic (exact) mass is 592 g/mol. The van der Waals surface area contributed by atoms with E-state index in [2.05, 4.69) is 21.2 Å². The molecule has 36 heavy (non-hydrogen) atoms. The maximum atomic E-state index is 13.1. The molecule has 6 atom stereocenters. The summed E-state index contributed by atoms with van der Waals surface area (Å²) in [6.45, 7) is 3.37. The van der Waals surface area contributed by atoms with Crippen molar-refractivity contribution in [1.82, 2.24) is 0 Å². The highest BCUT2D eigenvalue weighted by atomic mass is 79.9. The number of ether oxygens (including phenoxy) is 1. The van der Waals surface area contributed by atoms with Gasteiger partial charge in [-0.15, -0.1) is 23.2 Å². The third-order valence-corrected chi connectivity index (χ3v) is 9.86. The molecule has 2 aromatic rings. The fourth-order valence-corrected chi connectivity index (χ4v) is 7.00. The van der Waals surface area contributed by atoms with Crippen molar-refractivity contribution >= 4 is 74.2 Å². The zero-order valence-corrected chi connectivity index (χ0v) is 22.6. The van der Waals surface area contributed by atoms with Crippen LogP contribution in [-0.2, 0) is 19.1 Å². The van der Waals surface area contributed by atoms with Gasteiger partial charge in [-0.2, -0.15) is 0 Å². The molecule has 0 spiro atoms. The standard InChI is InChI=1S/C26H23BrCl2N2O5/c1-11-12(2)18(8-7-17(11)27)30-19(32)10-36-26(35)13-3-5-14(6-4-13)31-24(33)20-15-9-16(21(20)25(31)34)23(29)22(15)28/h3-8,15-16,20-23H,9-10H2,1-2H3,(H,30,32)/t15-,16-,20-,21+,22+,23+/m1/s1. The second-order valence-corrected chi connectivity index (χ2v) is 11.4. The fourth-order valence-electron chi connectivity index (χ4n) is 5.67. The number of alkyl halides is 2. The molecular formula is C26H23BrCl2N2O5. The van der Waals surface area contributed by atoms with Crippen molar-refractivity contribution in [2.24, 2.45) is 23.7 Å². The molecule has 3 amide bonds. The molecule has 2 bridgehead atoms. The smallest absolute Gasteiger partial charge is 0.338 e. The third kappa shape index (κ3) is 4.03. The first-order valence-electron chi connectivity index (χ1n) is 11.6. The molecule has 1 N–H and O–H groups in total. The van der Waals surface area contributed by atoms with Crippen LogP contribution in [0.15, 0.2) is 40.9 Å². The second kappa shape index (κ2) is 9.47. The van der Waals surface area contributed by atoms with Gasteiger partial charge in [-0.25, -0.2) is 4.79 Å². The van der Waals surface area contributed by atoms with Crippen LogP contribution in [0.4, 0.5) is 11.4 Å². The lowest BCUT2D eigenvalue weighted by Crippen LogP contribution is -2.37. The van der Waals surface area contributed by atoms with Gasteiger partial charge in [0.15, 0.2) is 6.61 Å². The Labute approximate surface area is 226 Å². The summed E-state index contributed by atoms with van der Waals surface area (Å²) in [5.74, 6) is -2.77. The Balaban J connectivity index is 1.21. The van der Waals surface area contributed by atoms with Crippen LogP contribution in [0.5, 0.6) is 0 Å². The zero-order chi connectivity index (χ0) is 25.9. The van der Waals surface area contributed by atoms with E-state index in [4.69, 9.17) is 27.9 Å². The molecule has 2 saturated carbocycles. The van der Waals surface area contributed by atoms with E-state index in [9.17, 15) is 19.2 Å². The van der Waals surface area contributed by atoms with Crippen molar-refractivity contribution in [3.8, 4) is 0 Å². The van der Waals surface area contributed by atoms with Crippen molar-refractivity contribution in [2.75, 3.05) is 16.8 Å². The Morgan fingerprint density at radius 2 is 1.56 bits per heavy atom. The molecule has 2 aromatic carbocycles. The number of rotatable bonds is 5. The van der Waals surface area contributed by atoms with Crippen LogP contribution >= 0.6 is 39.1 Å². The molecule has 188 valence electrons. The van der Waals surface area contributed by atoms with Gasteiger partial charge < -0.3 is 10.1 Å². The molecule has 10 heteroatoms. The average molecular weight is 594 g/mol. The van der Waals surface area contributed by atoms with Crippen molar-refractivity contribution in [1.29, 1.82) is 0 Å². The summed E-state index contributed by atoms with van der Waals surface area (Å²) in [5, 5.41) is 2.10. The summed E-state index contributed by atoms with van der Waals surface area (Å²) in [6.07, 6.45) is 0.697. The summed E-state index contributed by atoms with van der Waals surface area (Å²) in [6, 6.07) is 9.60. The highest BCUT2D eigenvalue weighted by molar-refractivity contribution is 9.10. The fraction of sp³-hybridized carbons (Fsp3) is 0.385. The van der Waals surface area contributed by atoms with Crippen LogP contribution < -0.4 is 10.2 Å². The van der Waals surface area contributed by atoms with Gasteiger partial charge in [0.05, 0.1) is 33.8 Å². The van der Waals surface area contributed by atoms with E-state index in [1.165, 1.54) is 29.2 Å². The molecule has 3 fully saturated rings. The summed E-state index contributed by atoms with van der Waals surface area (Å²) in [4.78, 5) is 52.2. The number of nitrogens with zero attached hydrogens (tertiary/aromatic N) is 1. The minimum Gasteiger partial charge on any atom is -0.452 e. The molecule has 0 unspecified atom stereocenters. The Bertz CT molecular complexity index is 1250. The Hall–Kier alpha value is -2.42. The lowest BCUT2D eigenvalue weighted by Gasteiger charge is -2.28. The Kier molecular flexibility index (Phi) is 6.64.